The second-order valence-corrected chi connectivity index (χ2v) is 5.26. The molecule has 1 heterocycles. The second-order valence-electron chi connectivity index (χ2n) is 5.26. The van der Waals surface area contributed by atoms with E-state index in [0.717, 1.165) is 13.0 Å². The maximum atomic E-state index is 12.8. The Hall–Kier alpha value is -1.46. The van der Waals surface area contributed by atoms with E-state index in [1.807, 2.05) is 6.92 Å². The van der Waals surface area contributed by atoms with Crippen molar-refractivity contribution in [3.05, 3.63) is 35.6 Å². The lowest BCUT2D eigenvalue weighted by molar-refractivity contribution is -0.129. The molecule has 0 spiro atoms. The number of rotatable bonds is 4. The first-order chi connectivity index (χ1) is 9.01. The van der Waals surface area contributed by atoms with Gasteiger partial charge in [0, 0.05) is 13.1 Å². The van der Waals surface area contributed by atoms with E-state index in [1.54, 1.807) is 0 Å². The standard InChI is InChI=1S/C14H19FN2O2/c1-14(6-7-16-9-14)13(19)17-8-12(18)10-2-4-11(15)5-3-10/h2-5,12,16,18H,6-9H2,1H3,(H,17,19). The van der Waals surface area contributed by atoms with Crippen LogP contribution in [0.4, 0.5) is 4.39 Å². The van der Waals surface area contributed by atoms with Crippen LogP contribution < -0.4 is 10.6 Å². The van der Waals surface area contributed by atoms with Gasteiger partial charge in [0.2, 0.25) is 5.91 Å². The Morgan fingerprint density at radius 3 is 2.79 bits per heavy atom. The summed E-state index contributed by atoms with van der Waals surface area (Å²) in [6.07, 6.45) is -0.0200. The van der Waals surface area contributed by atoms with Crippen molar-refractivity contribution in [2.75, 3.05) is 19.6 Å². The molecule has 1 amide bonds. The van der Waals surface area contributed by atoms with Crippen molar-refractivity contribution in [2.24, 2.45) is 5.41 Å². The van der Waals surface area contributed by atoms with Crippen LogP contribution in [0.5, 0.6) is 0 Å². The highest BCUT2D eigenvalue weighted by Gasteiger charge is 2.36. The fourth-order valence-electron chi connectivity index (χ4n) is 2.22. The lowest BCUT2D eigenvalue weighted by Gasteiger charge is -2.22. The molecule has 1 aliphatic heterocycles. The molecule has 1 fully saturated rings. The highest BCUT2D eigenvalue weighted by atomic mass is 19.1. The van der Waals surface area contributed by atoms with Crippen molar-refractivity contribution in [2.45, 2.75) is 19.4 Å². The molecule has 1 saturated heterocycles. The van der Waals surface area contributed by atoms with Gasteiger partial charge in [0.15, 0.2) is 0 Å². The van der Waals surface area contributed by atoms with Crippen molar-refractivity contribution >= 4 is 5.91 Å². The summed E-state index contributed by atoms with van der Waals surface area (Å²) >= 11 is 0. The third-order valence-corrected chi connectivity index (χ3v) is 3.63. The molecule has 0 aromatic heterocycles. The number of aliphatic hydroxyl groups excluding tert-OH is 1. The molecule has 1 aromatic rings. The zero-order valence-corrected chi connectivity index (χ0v) is 10.9. The number of halogens is 1. The lowest BCUT2D eigenvalue weighted by atomic mass is 9.89. The Bertz CT molecular complexity index is 441. The molecule has 19 heavy (non-hydrogen) atoms. The van der Waals surface area contributed by atoms with Gasteiger partial charge in [0.25, 0.3) is 0 Å². The van der Waals surface area contributed by atoms with Gasteiger partial charge in [-0.1, -0.05) is 12.1 Å². The number of carbonyl (C=O) groups is 1. The van der Waals surface area contributed by atoms with E-state index in [2.05, 4.69) is 10.6 Å². The highest BCUT2D eigenvalue weighted by molar-refractivity contribution is 5.82. The van der Waals surface area contributed by atoms with Crippen molar-refractivity contribution < 1.29 is 14.3 Å². The molecule has 2 atom stereocenters. The molecule has 4 nitrogen and oxygen atoms in total. The quantitative estimate of drug-likeness (QED) is 0.761. The number of carbonyl (C=O) groups excluding carboxylic acids is 1. The monoisotopic (exact) mass is 266 g/mol. The Balaban J connectivity index is 1.88. The minimum atomic E-state index is -0.817. The van der Waals surface area contributed by atoms with Gasteiger partial charge in [0.1, 0.15) is 5.82 Å². The van der Waals surface area contributed by atoms with E-state index >= 15 is 0 Å². The van der Waals surface area contributed by atoms with E-state index in [4.69, 9.17) is 0 Å². The average Bonchev–Trinajstić information content (AvgIpc) is 2.84. The van der Waals surface area contributed by atoms with Crippen molar-refractivity contribution in [3.63, 3.8) is 0 Å². The molecule has 2 rings (SSSR count). The van der Waals surface area contributed by atoms with E-state index in [9.17, 15) is 14.3 Å². The molecular weight excluding hydrogens is 247 g/mol. The van der Waals surface area contributed by atoms with Gasteiger partial charge in [-0.3, -0.25) is 4.79 Å². The molecule has 0 radical (unpaired) electrons. The van der Waals surface area contributed by atoms with Crippen LogP contribution in [-0.2, 0) is 4.79 Å². The number of nitrogens with one attached hydrogen (secondary N) is 2. The fraction of sp³-hybridized carbons (Fsp3) is 0.500. The first-order valence-corrected chi connectivity index (χ1v) is 6.44. The Morgan fingerprint density at radius 1 is 1.53 bits per heavy atom. The van der Waals surface area contributed by atoms with Crippen LogP contribution in [0.2, 0.25) is 0 Å². The third-order valence-electron chi connectivity index (χ3n) is 3.63. The molecule has 5 heteroatoms. The summed E-state index contributed by atoms with van der Waals surface area (Å²) in [6.45, 7) is 3.54. The molecule has 3 N–H and O–H groups in total. The van der Waals surface area contributed by atoms with Gasteiger partial charge < -0.3 is 15.7 Å². The van der Waals surface area contributed by atoms with E-state index in [-0.39, 0.29) is 18.3 Å². The molecule has 104 valence electrons. The summed E-state index contributed by atoms with van der Waals surface area (Å²) in [6, 6.07) is 5.63. The van der Waals surface area contributed by atoms with Gasteiger partial charge in [-0.2, -0.15) is 0 Å². The predicted octanol–water partition coefficient (Wildman–Crippen LogP) is 0.975. The topological polar surface area (TPSA) is 61.4 Å². The summed E-state index contributed by atoms with van der Waals surface area (Å²) in [5.41, 5.74) is 0.194. The predicted molar refractivity (Wildman–Crippen MR) is 70.0 cm³/mol. The molecule has 2 unspecified atom stereocenters. The largest absolute Gasteiger partial charge is 0.387 e. The summed E-state index contributed by atoms with van der Waals surface area (Å²) < 4.78 is 12.8. The van der Waals surface area contributed by atoms with Crippen LogP contribution in [0.25, 0.3) is 0 Å². The van der Waals surface area contributed by atoms with Crippen LogP contribution in [0, 0.1) is 11.2 Å². The van der Waals surface area contributed by atoms with E-state index < -0.39 is 11.5 Å². The smallest absolute Gasteiger partial charge is 0.227 e. The van der Waals surface area contributed by atoms with Gasteiger partial charge >= 0.3 is 0 Å². The Kier molecular flexibility index (Phi) is 4.17. The molecular formula is C14H19FN2O2. The van der Waals surface area contributed by atoms with Crippen molar-refractivity contribution in [3.8, 4) is 0 Å². The first kappa shape index (κ1) is 14.0. The first-order valence-electron chi connectivity index (χ1n) is 6.44. The molecule has 1 aliphatic rings. The van der Waals surface area contributed by atoms with Crippen LogP contribution in [0.3, 0.4) is 0 Å². The normalized spacial score (nSPS) is 24.2. The van der Waals surface area contributed by atoms with Gasteiger partial charge in [-0.05, 0) is 37.6 Å². The SMILES string of the molecule is CC1(C(=O)NCC(O)c2ccc(F)cc2)CCNC1. The van der Waals surface area contributed by atoms with E-state index in [1.165, 1.54) is 24.3 Å². The molecule has 0 bridgehead atoms. The minimum Gasteiger partial charge on any atom is -0.387 e. The van der Waals surface area contributed by atoms with Crippen LogP contribution in [-0.4, -0.2) is 30.6 Å². The average molecular weight is 266 g/mol. The zero-order valence-electron chi connectivity index (χ0n) is 10.9. The van der Waals surface area contributed by atoms with Crippen LogP contribution >= 0.6 is 0 Å². The maximum Gasteiger partial charge on any atom is 0.227 e. The number of hydrogen-bond donors (Lipinski definition) is 3. The lowest BCUT2D eigenvalue weighted by Crippen LogP contribution is -2.41. The van der Waals surface area contributed by atoms with Gasteiger partial charge in [0.05, 0.1) is 11.5 Å². The summed E-state index contributed by atoms with van der Waals surface area (Å²) in [7, 11) is 0. The van der Waals surface area contributed by atoms with E-state index in [0.29, 0.717) is 12.1 Å². The third kappa shape index (κ3) is 3.30. The number of amides is 1. The summed E-state index contributed by atoms with van der Waals surface area (Å²) in [5, 5.41) is 15.8. The summed E-state index contributed by atoms with van der Waals surface area (Å²) in [4.78, 5) is 12.0. The number of hydrogen-bond acceptors (Lipinski definition) is 3. The van der Waals surface area contributed by atoms with Crippen LogP contribution in [0.1, 0.15) is 25.0 Å². The molecule has 1 aromatic carbocycles. The minimum absolute atomic E-state index is 0.0568. The zero-order chi connectivity index (χ0) is 13.9. The van der Waals surface area contributed by atoms with Gasteiger partial charge in [-0.25, -0.2) is 4.39 Å². The second kappa shape index (κ2) is 5.67. The van der Waals surface area contributed by atoms with Crippen LogP contribution in [0.15, 0.2) is 24.3 Å². The number of benzene rings is 1. The highest BCUT2D eigenvalue weighted by Crippen LogP contribution is 2.24. The molecule has 0 saturated carbocycles. The number of aliphatic hydroxyl groups is 1. The molecule has 0 aliphatic carbocycles. The van der Waals surface area contributed by atoms with Gasteiger partial charge in [-0.15, -0.1) is 0 Å². The fourth-order valence-corrected chi connectivity index (χ4v) is 2.22. The summed E-state index contributed by atoms with van der Waals surface area (Å²) in [5.74, 6) is -0.400. The Labute approximate surface area is 112 Å². The Morgan fingerprint density at radius 2 is 2.21 bits per heavy atom. The van der Waals surface area contributed by atoms with Crippen molar-refractivity contribution in [1.82, 2.24) is 10.6 Å². The maximum absolute atomic E-state index is 12.8. The van der Waals surface area contributed by atoms with Crippen molar-refractivity contribution in [1.29, 1.82) is 0 Å².